The SMILES string of the molecule is Cc1ccccc1C(=O)NN=Cc1ccc(OC(=O)c2cccc(Cl)c2)cc1. The van der Waals surface area contributed by atoms with E-state index < -0.39 is 5.97 Å². The Morgan fingerprint density at radius 3 is 2.46 bits per heavy atom. The molecule has 3 rings (SSSR count). The predicted molar refractivity (Wildman–Crippen MR) is 109 cm³/mol. The first-order chi connectivity index (χ1) is 13.5. The van der Waals surface area contributed by atoms with E-state index in [0.29, 0.717) is 21.9 Å². The van der Waals surface area contributed by atoms with Gasteiger partial charge in [0.2, 0.25) is 0 Å². The molecule has 6 heteroatoms. The third-order valence-electron chi connectivity index (χ3n) is 3.92. The highest BCUT2D eigenvalue weighted by molar-refractivity contribution is 6.30. The van der Waals surface area contributed by atoms with Crippen molar-refractivity contribution >= 4 is 29.7 Å². The van der Waals surface area contributed by atoms with Crippen molar-refractivity contribution in [3.8, 4) is 5.75 Å². The topological polar surface area (TPSA) is 67.8 Å². The average Bonchev–Trinajstić information content (AvgIpc) is 2.69. The number of hydrogen-bond acceptors (Lipinski definition) is 4. The second kappa shape index (κ2) is 8.97. The fourth-order valence-electron chi connectivity index (χ4n) is 2.46. The number of hydrogen-bond donors (Lipinski definition) is 1. The zero-order chi connectivity index (χ0) is 19.9. The first kappa shape index (κ1) is 19.3. The Morgan fingerprint density at radius 2 is 1.75 bits per heavy atom. The van der Waals surface area contributed by atoms with Gasteiger partial charge in [-0.25, -0.2) is 10.2 Å². The van der Waals surface area contributed by atoms with E-state index in [1.54, 1.807) is 60.7 Å². The molecule has 0 aliphatic heterocycles. The lowest BCUT2D eigenvalue weighted by Crippen LogP contribution is -2.18. The van der Waals surface area contributed by atoms with E-state index in [9.17, 15) is 9.59 Å². The minimum absolute atomic E-state index is 0.276. The van der Waals surface area contributed by atoms with Gasteiger partial charge in [-0.1, -0.05) is 35.9 Å². The molecule has 28 heavy (non-hydrogen) atoms. The number of rotatable bonds is 5. The number of aryl methyl sites for hydroxylation is 1. The molecule has 0 unspecified atom stereocenters. The Labute approximate surface area is 167 Å². The number of nitrogens with one attached hydrogen (secondary N) is 1. The van der Waals surface area contributed by atoms with Gasteiger partial charge >= 0.3 is 5.97 Å². The number of hydrazone groups is 1. The summed E-state index contributed by atoms with van der Waals surface area (Å²) >= 11 is 5.88. The van der Waals surface area contributed by atoms with Crippen molar-refractivity contribution in [3.63, 3.8) is 0 Å². The lowest BCUT2D eigenvalue weighted by molar-refractivity contribution is 0.0734. The van der Waals surface area contributed by atoms with Crippen molar-refractivity contribution in [2.75, 3.05) is 0 Å². The van der Waals surface area contributed by atoms with E-state index in [1.807, 2.05) is 19.1 Å². The number of amides is 1. The van der Waals surface area contributed by atoms with Gasteiger partial charge in [0.05, 0.1) is 11.8 Å². The van der Waals surface area contributed by atoms with Crippen LogP contribution in [-0.2, 0) is 0 Å². The molecule has 3 aromatic carbocycles. The molecule has 0 heterocycles. The van der Waals surface area contributed by atoms with E-state index in [0.717, 1.165) is 11.1 Å². The van der Waals surface area contributed by atoms with E-state index in [1.165, 1.54) is 6.21 Å². The van der Waals surface area contributed by atoms with Crippen LogP contribution >= 0.6 is 11.6 Å². The van der Waals surface area contributed by atoms with Crippen LogP contribution in [0.2, 0.25) is 5.02 Å². The highest BCUT2D eigenvalue weighted by atomic mass is 35.5. The van der Waals surface area contributed by atoms with Gasteiger partial charge in [-0.05, 0) is 66.6 Å². The summed E-state index contributed by atoms with van der Waals surface area (Å²) in [4.78, 5) is 24.2. The molecule has 0 atom stereocenters. The molecular weight excluding hydrogens is 376 g/mol. The summed E-state index contributed by atoms with van der Waals surface area (Å²) in [6, 6.07) is 20.6. The zero-order valence-corrected chi connectivity index (χ0v) is 15.8. The lowest BCUT2D eigenvalue weighted by Gasteiger charge is -2.05. The summed E-state index contributed by atoms with van der Waals surface area (Å²) in [7, 11) is 0. The molecule has 0 bridgehead atoms. The third kappa shape index (κ3) is 5.05. The third-order valence-corrected chi connectivity index (χ3v) is 4.16. The average molecular weight is 393 g/mol. The van der Waals surface area contributed by atoms with Crippen LogP contribution < -0.4 is 10.2 Å². The fourth-order valence-corrected chi connectivity index (χ4v) is 2.65. The molecule has 0 radical (unpaired) electrons. The van der Waals surface area contributed by atoms with Crippen molar-refractivity contribution in [2.24, 2.45) is 5.10 Å². The summed E-state index contributed by atoms with van der Waals surface area (Å²) < 4.78 is 5.31. The van der Waals surface area contributed by atoms with Crippen LogP contribution in [0.4, 0.5) is 0 Å². The van der Waals surface area contributed by atoms with Crippen LogP contribution in [0.1, 0.15) is 31.8 Å². The number of carbonyl (C=O) groups is 2. The summed E-state index contributed by atoms with van der Waals surface area (Å²) in [5, 5.41) is 4.43. The monoisotopic (exact) mass is 392 g/mol. The fraction of sp³-hybridized carbons (Fsp3) is 0.0455. The van der Waals surface area contributed by atoms with Gasteiger partial charge in [0.25, 0.3) is 5.91 Å². The molecule has 0 fully saturated rings. The molecule has 0 aliphatic carbocycles. The van der Waals surface area contributed by atoms with E-state index in [4.69, 9.17) is 16.3 Å². The standard InChI is InChI=1S/C22H17ClN2O3/c1-15-5-2-3-8-20(15)21(26)25-24-14-16-9-11-19(12-10-16)28-22(27)17-6-4-7-18(23)13-17/h2-14H,1H3,(H,25,26). The van der Waals surface area contributed by atoms with Crippen LogP contribution in [-0.4, -0.2) is 18.1 Å². The highest BCUT2D eigenvalue weighted by Gasteiger charge is 2.09. The number of nitrogens with zero attached hydrogens (tertiary/aromatic N) is 1. The second-order valence-electron chi connectivity index (χ2n) is 5.98. The first-order valence-corrected chi connectivity index (χ1v) is 8.87. The maximum atomic E-state index is 12.1. The second-order valence-corrected chi connectivity index (χ2v) is 6.42. The van der Waals surface area contributed by atoms with Crippen molar-refractivity contribution in [1.82, 2.24) is 5.43 Å². The molecular formula is C22H17ClN2O3. The van der Waals surface area contributed by atoms with Crippen LogP contribution in [0.25, 0.3) is 0 Å². The van der Waals surface area contributed by atoms with Gasteiger partial charge in [-0.3, -0.25) is 4.79 Å². The predicted octanol–water partition coefficient (Wildman–Crippen LogP) is 4.63. The van der Waals surface area contributed by atoms with Crippen LogP contribution in [0.5, 0.6) is 5.75 Å². The molecule has 5 nitrogen and oxygen atoms in total. The number of carbonyl (C=O) groups excluding carboxylic acids is 2. The van der Waals surface area contributed by atoms with E-state index >= 15 is 0 Å². The Kier molecular flexibility index (Phi) is 6.19. The molecule has 1 amide bonds. The van der Waals surface area contributed by atoms with Crippen molar-refractivity contribution < 1.29 is 14.3 Å². The molecule has 0 aromatic heterocycles. The normalized spacial score (nSPS) is 10.6. The molecule has 1 N–H and O–H groups in total. The molecule has 0 saturated heterocycles. The van der Waals surface area contributed by atoms with E-state index in [-0.39, 0.29) is 5.91 Å². The highest BCUT2D eigenvalue weighted by Crippen LogP contribution is 2.16. The number of benzene rings is 3. The Balaban J connectivity index is 1.58. The van der Waals surface area contributed by atoms with Crippen LogP contribution in [0.15, 0.2) is 77.9 Å². The largest absolute Gasteiger partial charge is 0.423 e. The summed E-state index contributed by atoms with van der Waals surface area (Å²) in [6.45, 7) is 1.86. The van der Waals surface area contributed by atoms with Gasteiger partial charge in [0, 0.05) is 10.6 Å². The number of halogens is 1. The summed E-state index contributed by atoms with van der Waals surface area (Å²) in [5.41, 5.74) is 5.06. The van der Waals surface area contributed by atoms with Gasteiger partial charge in [0.1, 0.15) is 5.75 Å². The van der Waals surface area contributed by atoms with Gasteiger partial charge in [0.15, 0.2) is 0 Å². The van der Waals surface area contributed by atoms with Crippen LogP contribution in [0, 0.1) is 6.92 Å². The van der Waals surface area contributed by atoms with Crippen molar-refractivity contribution in [2.45, 2.75) is 6.92 Å². The summed E-state index contributed by atoms with van der Waals surface area (Å²) in [5.74, 6) is -0.373. The first-order valence-electron chi connectivity index (χ1n) is 8.50. The Bertz CT molecular complexity index is 1030. The Hall–Kier alpha value is -3.44. The summed E-state index contributed by atoms with van der Waals surface area (Å²) in [6.07, 6.45) is 1.51. The van der Waals surface area contributed by atoms with Gasteiger partial charge < -0.3 is 4.74 Å². The minimum atomic E-state index is -0.491. The molecule has 0 aliphatic rings. The number of esters is 1. The molecule has 3 aromatic rings. The maximum Gasteiger partial charge on any atom is 0.343 e. The zero-order valence-electron chi connectivity index (χ0n) is 15.1. The smallest absolute Gasteiger partial charge is 0.343 e. The lowest BCUT2D eigenvalue weighted by atomic mass is 10.1. The van der Waals surface area contributed by atoms with E-state index in [2.05, 4.69) is 10.5 Å². The Morgan fingerprint density at radius 1 is 1.00 bits per heavy atom. The van der Waals surface area contributed by atoms with Crippen molar-refractivity contribution in [1.29, 1.82) is 0 Å². The van der Waals surface area contributed by atoms with Crippen molar-refractivity contribution in [3.05, 3.63) is 100 Å². The van der Waals surface area contributed by atoms with Gasteiger partial charge in [-0.15, -0.1) is 0 Å². The van der Waals surface area contributed by atoms with Gasteiger partial charge in [-0.2, -0.15) is 5.10 Å². The quantitative estimate of drug-likeness (QED) is 0.298. The molecule has 0 spiro atoms. The maximum absolute atomic E-state index is 12.1. The molecule has 140 valence electrons. The molecule has 0 saturated carbocycles. The number of ether oxygens (including phenoxy) is 1. The van der Waals surface area contributed by atoms with Crippen LogP contribution in [0.3, 0.4) is 0 Å². The minimum Gasteiger partial charge on any atom is -0.423 e.